The molecule has 1 aromatic rings. The van der Waals surface area contributed by atoms with E-state index in [1.165, 1.54) is 13.8 Å². The Balaban J connectivity index is 1.56. The van der Waals surface area contributed by atoms with Crippen LogP contribution in [0.5, 0.6) is 0 Å². The Morgan fingerprint density at radius 2 is 1.66 bits per heavy atom. The predicted molar refractivity (Wildman–Crippen MR) is 159 cm³/mol. The van der Waals surface area contributed by atoms with Crippen LogP contribution in [0.1, 0.15) is 86.1 Å². The maximum Gasteiger partial charge on any atom is 0.333 e. The number of carbonyl (C=O) groups is 3. The van der Waals surface area contributed by atoms with Crippen LogP contribution in [0.2, 0.25) is 0 Å². The third kappa shape index (κ3) is 4.00. The minimum Gasteiger partial charge on any atom is -0.472 e. The van der Waals surface area contributed by atoms with Crippen molar-refractivity contribution in [1.29, 1.82) is 0 Å². The topological polar surface area (TPSA) is 122 Å². The smallest absolute Gasteiger partial charge is 0.333 e. The van der Waals surface area contributed by atoms with E-state index in [1.54, 1.807) is 32.4 Å². The number of carbonyl (C=O) groups excluding carboxylic acids is 3. The summed E-state index contributed by atoms with van der Waals surface area (Å²) in [6.07, 6.45) is 5.60. The van der Waals surface area contributed by atoms with Gasteiger partial charge in [0.2, 0.25) is 0 Å². The van der Waals surface area contributed by atoms with E-state index in [0.29, 0.717) is 31.4 Å². The molecule has 1 saturated heterocycles. The molecule has 3 saturated carbocycles. The van der Waals surface area contributed by atoms with E-state index in [1.807, 2.05) is 6.07 Å². The monoisotopic (exact) mass is 610 g/mol. The Morgan fingerprint density at radius 3 is 2.27 bits per heavy atom. The number of ether oxygens (including phenoxy) is 4. The maximum absolute atomic E-state index is 13.6. The minimum absolute atomic E-state index is 0.0260. The standard InChI is InChI=1S/C35H46O9/c1-9-18(2)31(39)44-30-28-29-32(5,17-41-28)26(42-19(3)36)15-27(43-20(4)37)35(29,8)24-14-25(38)33(6)22(21-12-13-40-16-21)10-11-23(33)34(24,30)7/h9,11-13,16,22,24-30,38H,10,14-15,17H2,1-8H3/t22-,24-,25+,26+,27-,28+,29-,30+,32+,33-,34-,35-/m0/s1. The van der Waals surface area contributed by atoms with Gasteiger partial charge in [-0.3, -0.25) is 9.59 Å². The van der Waals surface area contributed by atoms with Crippen molar-refractivity contribution in [1.82, 2.24) is 0 Å². The first-order valence-electron chi connectivity index (χ1n) is 15.9. The Morgan fingerprint density at radius 1 is 0.977 bits per heavy atom. The molecular weight excluding hydrogens is 564 g/mol. The average Bonchev–Trinajstić information content (AvgIpc) is 3.69. The van der Waals surface area contributed by atoms with E-state index < -0.39 is 70.1 Å². The fourth-order valence-electron chi connectivity index (χ4n) is 10.6. The Hall–Kier alpha value is -2.91. The summed E-state index contributed by atoms with van der Waals surface area (Å²) in [7, 11) is 0. The number of hydrogen-bond donors (Lipinski definition) is 1. The van der Waals surface area contributed by atoms with Crippen molar-refractivity contribution in [3.05, 3.63) is 47.5 Å². The van der Waals surface area contributed by atoms with E-state index in [9.17, 15) is 19.5 Å². The van der Waals surface area contributed by atoms with Gasteiger partial charge in [0.25, 0.3) is 0 Å². The van der Waals surface area contributed by atoms with Gasteiger partial charge >= 0.3 is 17.9 Å². The van der Waals surface area contributed by atoms with Crippen molar-refractivity contribution < 1.29 is 42.9 Å². The van der Waals surface area contributed by atoms with Crippen LogP contribution in [0.4, 0.5) is 0 Å². The lowest BCUT2D eigenvalue weighted by molar-refractivity contribution is -0.272. The largest absolute Gasteiger partial charge is 0.472 e. The molecule has 4 fully saturated rings. The quantitative estimate of drug-likeness (QED) is 0.206. The SMILES string of the molecule is CC=C(C)C(=O)O[C@@H]1[C@@H]2OC[C@]3(C)[C@H](OC(C)=O)C[C@H](OC(C)=O)[C@@](C)([C@@H]23)[C@H]2C[C@@H](O)[C@]3(C)C(=CC[C@H]3c3ccoc3)[C@]12C. The summed E-state index contributed by atoms with van der Waals surface area (Å²) in [6, 6.07) is 1.96. The molecule has 0 aromatic carbocycles. The van der Waals surface area contributed by atoms with E-state index in [0.717, 1.165) is 11.1 Å². The second kappa shape index (κ2) is 10.3. The molecule has 1 aromatic heterocycles. The van der Waals surface area contributed by atoms with Gasteiger partial charge in [-0.25, -0.2) is 4.79 Å². The number of aliphatic hydroxyl groups is 1. The molecule has 6 rings (SSSR count). The second-order valence-electron chi connectivity index (χ2n) is 14.7. The number of rotatable bonds is 5. The van der Waals surface area contributed by atoms with Crippen LogP contribution in [0.3, 0.4) is 0 Å². The van der Waals surface area contributed by atoms with Crippen LogP contribution in [0, 0.1) is 33.5 Å². The van der Waals surface area contributed by atoms with Gasteiger partial charge in [-0.15, -0.1) is 0 Å². The van der Waals surface area contributed by atoms with Crippen LogP contribution in [-0.4, -0.2) is 60.1 Å². The van der Waals surface area contributed by atoms with Crippen molar-refractivity contribution >= 4 is 17.9 Å². The summed E-state index contributed by atoms with van der Waals surface area (Å²) >= 11 is 0. The second-order valence-corrected chi connectivity index (χ2v) is 14.7. The van der Waals surface area contributed by atoms with Crippen LogP contribution in [-0.2, 0) is 33.3 Å². The lowest BCUT2D eigenvalue weighted by Gasteiger charge is -2.70. The van der Waals surface area contributed by atoms with Crippen molar-refractivity contribution in [3.63, 3.8) is 0 Å². The van der Waals surface area contributed by atoms with Crippen LogP contribution in [0.25, 0.3) is 0 Å². The van der Waals surface area contributed by atoms with Gasteiger partial charge in [-0.1, -0.05) is 45.4 Å². The van der Waals surface area contributed by atoms with Crippen LogP contribution < -0.4 is 0 Å². The number of aliphatic hydroxyl groups excluding tert-OH is 1. The van der Waals surface area contributed by atoms with Gasteiger partial charge < -0.3 is 28.5 Å². The van der Waals surface area contributed by atoms with Gasteiger partial charge in [0.05, 0.1) is 31.3 Å². The van der Waals surface area contributed by atoms with Gasteiger partial charge in [0.1, 0.15) is 18.3 Å². The number of hydrogen-bond acceptors (Lipinski definition) is 9. The highest BCUT2D eigenvalue weighted by Gasteiger charge is 2.79. The first kappa shape index (κ1) is 31.1. The highest BCUT2D eigenvalue weighted by atomic mass is 16.6. The normalized spacial score (nSPS) is 45.8. The highest BCUT2D eigenvalue weighted by Crippen LogP contribution is 2.76. The molecule has 0 amide bonds. The zero-order chi connectivity index (χ0) is 32.0. The lowest BCUT2D eigenvalue weighted by atomic mass is 9.36. The minimum atomic E-state index is -0.774. The third-order valence-corrected chi connectivity index (χ3v) is 12.7. The molecule has 1 N–H and O–H groups in total. The van der Waals surface area contributed by atoms with E-state index >= 15 is 0 Å². The van der Waals surface area contributed by atoms with Gasteiger partial charge in [0.15, 0.2) is 0 Å². The molecule has 0 bridgehead atoms. The molecule has 5 aliphatic rings. The number of esters is 3. The van der Waals surface area contributed by atoms with Crippen molar-refractivity contribution in [2.75, 3.05) is 6.61 Å². The summed E-state index contributed by atoms with van der Waals surface area (Å²) in [5, 5.41) is 12.2. The average molecular weight is 611 g/mol. The fourth-order valence-corrected chi connectivity index (χ4v) is 10.6. The van der Waals surface area contributed by atoms with Crippen molar-refractivity contribution in [2.24, 2.45) is 33.5 Å². The summed E-state index contributed by atoms with van der Waals surface area (Å²) in [4.78, 5) is 38.6. The van der Waals surface area contributed by atoms with E-state index in [4.69, 9.17) is 23.4 Å². The third-order valence-electron chi connectivity index (χ3n) is 12.7. The first-order valence-corrected chi connectivity index (χ1v) is 15.9. The van der Waals surface area contributed by atoms with Gasteiger partial charge in [0, 0.05) is 59.3 Å². The number of allylic oxidation sites excluding steroid dienone is 2. The molecule has 12 atom stereocenters. The highest BCUT2D eigenvalue weighted by molar-refractivity contribution is 5.87. The molecule has 0 unspecified atom stereocenters. The Labute approximate surface area is 259 Å². The van der Waals surface area contributed by atoms with Crippen molar-refractivity contribution in [3.8, 4) is 0 Å². The molecule has 0 spiro atoms. The molecule has 9 nitrogen and oxygen atoms in total. The molecule has 2 heterocycles. The first-order chi connectivity index (χ1) is 20.6. The van der Waals surface area contributed by atoms with Gasteiger partial charge in [-0.05, 0) is 44.2 Å². The van der Waals surface area contributed by atoms with Crippen molar-refractivity contribution in [2.45, 2.75) is 111 Å². The molecule has 4 aliphatic carbocycles. The lowest BCUT2D eigenvalue weighted by Crippen LogP contribution is -2.74. The number of fused-ring (bicyclic) bond motifs is 4. The van der Waals surface area contributed by atoms with Crippen LogP contribution in [0.15, 0.2) is 46.3 Å². The summed E-state index contributed by atoms with van der Waals surface area (Å²) in [6.45, 7) is 15.1. The molecule has 0 radical (unpaired) electrons. The fraction of sp³-hybridized carbons (Fsp3) is 0.686. The Bertz CT molecular complexity index is 1410. The molecule has 240 valence electrons. The predicted octanol–water partition coefficient (Wildman–Crippen LogP) is 5.27. The molecule has 44 heavy (non-hydrogen) atoms. The van der Waals surface area contributed by atoms with E-state index in [-0.39, 0.29) is 17.8 Å². The van der Waals surface area contributed by atoms with Crippen LogP contribution >= 0.6 is 0 Å². The molecule has 9 heteroatoms. The number of furan rings is 1. The zero-order valence-corrected chi connectivity index (χ0v) is 27.0. The summed E-state index contributed by atoms with van der Waals surface area (Å²) in [5.41, 5.74) is -0.232. The molecular formula is C35H46O9. The van der Waals surface area contributed by atoms with Gasteiger partial charge in [-0.2, -0.15) is 0 Å². The zero-order valence-electron chi connectivity index (χ0n) is 27.0. The Kier molecular flexibility index (Phi) is 7.28. The maximum atomic E-state index is 13.6. The summed E-state index contributed by atoms with van der Waals surface area (Å²) in [5.74, 6) is -1.84. The summed E-state index contributed by atoms with van der Waals surface area (Å²) < 4.78 is 30.8. The van der Waals surface area contributed by atoms with E-state index in [2.05, 4.69) is 33.8 Å². The molecule has 1 aliphatic heterocycles.